The Kier molecular flexibility index (Phi) is 3.35. The summed E-state index contributed by atoms with van der Waals surface area (Å²) in [4.78, 5) is 11.7. The molecule has 0 bridgehead atoms. The summed E-state index contributed by atoms with van der Waals surface area (Å²) in [5.74, 6) is 0.332. The average molecular weight is 212 g/mol. The molecule has 0 aliphatic carbocycles. The van der Waals surface area contributed by atoms with Gasteiger partial charge in [-0.15, -0.1) is 0 Å². The molecule has 16 heavy (non-hydrogen) atoms. The molecular formula is C15H16O. The lowest BCUT2D eigenvalue weighted by molar-refractivity contribution is -0.118. The zero-order valence-corrected chi connectivity index (χ0v) is 9.57. The Morgan fingerprint density at radius 3 is 2.62 bits per heavy atom. The smallest absolute Gasteiger partial charge is 0.137 e. The lowest BCUT2D eigenvalue weighted by Crippen LogP contribution is -2.02. The number of Topliss-reactive ketones (excluding diaryl/α,β-unsaturated/α-hetero) is 1. The summed E-state index contributed by atoms with van der Waals surface area (Å²) in [6.45, 7) is 2.04. The normalized spacial score (nSPS) is 10.6. The maximum absolute atomic E-state index is 11.7. The Morgan fingerprint density at radius 2 is 1.81 bits per heavy atom. The van der Waals surface area contributed by atoms with E-state index in [0.717, 1.165) is 12.0 Å². The second-order valence-electron chi connectivity index (χ2n) is 4.10. The van der Waals surface area contributed by atoms with Gasteiger partial charge in [-0.05, 0) is 22.8 Å². The number of carbonyl (C=O) groups is 1. The second-order valence-corrected chi connectivity index (χ2v) is 4.10. The van der Waals surface area contributed by atoms with Gasteiger partial charge in [0.2, 0.25) is 0 Å². The maximum Gasteiger partial charge on any atom is 0.137 e. The third-order valence-electron chi connectivity index (χ3n) is 2.80. The van der Waals surface area contributed by atoms with Gasteiger partial charge in [0.15, 0.2) is 0 Å². The third kappa shape index (κ3) is 2.30. The van der Waals surface area contributed by atoms with Crippen molar-refractivity contribution in [3.8, 4) is 0 Å². The van der Waals surface area contributed by atoms with Crippen molar-refractivity contribution in [3.63, 3.8) is 0 Å². The van der Waals surface area contributed by atoms with E-state index < -0.39 is 0 Å². The predicted octanol–water partition coefficient (Wildman–Crippen LogP) is 3.75. The first kappa shape index (κ1) is 10.9. The van der Waals surface area contributed by atoms with Gasteiger partial charge in [-0.1, -0.05) is 49.4 Å². The molecule has 2 aromatic rings. The van der Waals surface area contributed by atoms with Crippen LogP contribution < -0.4 is 0 Å². The number of ketones is 1. The lowest BCUT2D eigenvalue weighted by atomic mass is 9.99. The number of fused-ring (bicyclic) bond motifs is 1. The van der Waals surface area contributed by atoms with Crippen molar-refractivity contribution in [2.45, 2.75) is 26.2 Å². The molecule has 82 valence electrons. The minimum atomic E-state index is 0.332. The van der Waals surface area contributed by atoms with Gasteiger partial charge < -0.3 is 0 Å². The van der Waals surface area contributed by atoms with E-state index in [0.29, 0.717) is 18.6 Å². The Bertz CT molecular complexity index is 494. The van der Waals surface area contributed by atoms with Gasteiger partial charge in [-0.3, -0.25) is 4.79 Å². The first-order valence-electron chi connectivity index (χ1n) is 5.79. The van der Waals surface area contributed by atoms with Gasteiger partial charge in [0, 0.05) is 12.8 Å². The van der Waals surface area contributed by atoms with E-state index >= 15 is 0 Å². The van der Waals surface area contributed by atoms with Crippen LogP contribution in [-0.2, 0) is 11.2 Å². The van der Waals surface area contributed by atoms with E-state index in [-0.39, 0.29) is 0 Å². The van der Waals surface area contributed by atoms with E-state index in [2.05, 4.69) is 24.3 Å². The van der Waals surface area contributed by atoms with E-state index in [9.17, 15) is 4.79 Å². The second kappa shape index (κ2) is 4.93. The number of carbonyl (C=O) groups excluding carboxylic acids is 1. The van der Waals surface area contributed by atoms with Crippen molar-refractivity contribution < 1.29 is 4.79 Å². The molecule has 0 aliphatic rings. The summed E-state index contributed by atoms with van der Waals surface area (Å²) in [6, 6.07) is 14.4. The Balaban J connectivity index is 2.33. The van der Waals surface area contributed by atoms with Crippen molar-refractivity contribution in [2.24, 2.45) is 0 Å². The summed E-state index contributed by atoms with van der Waals surface area (Å²) in [7, 11) is 0. The van der Waals surface area contributed by atoms with Gasteiger partial charge in [0.05, 0.1) is 0 Å². The topological polar surface area (TPSA) is 17.1 Å². The molecule has 0 heterocycles. The van der Waals surface area contributed by atoms with Crippen molar-refractivity contribution in [1.82, 2.24) is 0 Å². The van der Waals surface area contributed by atoms with E-state index in [1.165, 1.54) is 10.8 Å². The molecule has 1 nitrogen and oxygen atoms in total. The van der Waals surface area contributed by atoms with Gasteiger partial charge in [-0.2, -0.15) is 0 Å². The summed E-state index contributed by atoms with van der Waals surface area (Å²) < 4.78 is 0. The van der Waals surface area contributed by atoms with Crippen molar-refractivity contribution in [2.75, 3.05) is 0 Å². The fourth-order valence-electron chi connectivity index (χ4n) is 2.03. The molecule has 0 fully saturated rings. The molecule has 0 atom stereocenters. The molecule has 0 saturated carbocycles. The van der Waals surface area contributed by atoms with Crippen molar-refractivity contribution in [3.05, 3.63) is 48.0 Å². The van der Waals surface area contributed by atoms with Crippen LogP contribution in [-0.4, -0.2) is 5.78 Å². The highest BCUT2D eigenvalue weighted by molar-refractivity contribution is 5.90. The molecule has 1 heteroatoms. The van der Waals surface area contributed by atoms with Crippen LogP contribution in [0, 0.1) is 0 Å². The monoisotopic (exact) mass is 212 g/mol. The highest BCUT2D eigenvalue weighted by Gasteiger charge is 2.05. The molecular weight excluding hydrogens is 196 g/mol. The van der Waals surface area contributed by atoms with Crippen LogP contribution in [0.4, 0.5) is 0 Å². The van der Waals surface area contributed by atoms with Gasteiger partial charge in [0.25, 0.3) is 0 Å². The predicted molar refractivity (Wildman–Crippen MR) is 67.6 cm³/mol. The fourth-order valence-corrected chi connectivity index (χ4v) is 2.03. The van der Waals surface area contributed by atoms with Gasteiger partial charge >= 0.3 is 0 Å². The maximum atomic E-state index is 11.7. The standard InChI is InChI=1S/C15H16O/c1-2-6-14(16)11-13-9-5-8-12-7-3-4-10-15(12)13/h3-5,7-10H,2,6,11H2,1H3. The molecule has 0 N–H and O–H groups in total. The van der Waals surface area contributed by atoms with Crippen LogP contribution in [0.2, 0.25) is 0 Å². The van der Waals surface area contributed by atoms with Crippen LogP contribution in [0.3, 0.4) is 0 Å². The first-order valence-corrected chi connectivity index (χ1v) is 5.79. The van der Waals surface area contributed by atoms with Gasteiger partial charge in [0.1, 0.15) is 5.78 Å². The van der Waals surface area contributed by atoms with Crippen molar-refractivity contribution >= 4 is 16.6 Å². The molecule has 2 rings (SSSR count). The average Bonchev–Trinajstić information content (AvgIpc) is 2.30. The minimum absolute atomic E-state index is 0.332. The number of rotatable bonds is 4. The summed E-state index contributed by atoms with van der Waals surface area (Å²) in [5, 5.41) is 2.42. The molecule has 0 saturated heterocycles. The van der Waals surface area contributed by atoms with Crippen LogP contribution in [0.15, 0.2) is 42.5 Å². The lowest BCUT2D eigenvalue weighted by Gasteiger charge is -2.05. The van der Waals surface area contributed by atoms with Crippen LogP contribution >= 0.6 is 0 Å². The Morgan fingerprint density at radius 1 is 1.06 bits per heavy atom. The van der Waals surface area contributed by atoms with E-state index in [4.69, 9.17) is 0 Å². The number of benzene rings is 2. The minimum Gasteiger partial charge on any atom is -0.299 e. The highest BCUT2D eigenvalue weighted by Crippen LogP contribution is 2.19. The zero-order valence-electron chi connectivity index (χ0n) is 9.57. The number of hydrogen-bond acceptors (Lipinski definition) is 1. The molecule has 0 aliphatic heterocycles. The van der Waals surface area contributed by atoms with E-state index in [1.807, 2.05) is 25.1 Å². The molecule has 0 unspecified atom stereocenters. The highest BCUT2D eigenvalue weighted by atomic mass is 16.1. The largest absolute Gasteiger partial charge is 0.299 e. The van der Waals surface area contributed by atoms with Crippen LogP contribution in [0.5, 0.6) is 0 Å². The fraction of sp³-hybridized carbons (Fsp3) is 0.267. The Labute approximate surface area is 96.1 Å². The van der Waals surface area contributed by atoms with Gasteiger partial charge in [-0.25, -0.2) is 0 Å². The van der Waals surface area contributed by atoms with Crippen LogP contribution in [0.1, 0.15) is 25.3 Å². The molecule has 0 aromatic heterocycles. The summed E-state index contributed by atoms with van der Waals surface area (Å²) in [5.41, 5.74) is 1.15. The number of hydrogen-bond donors (Lipinski definition) is 0. The SMILES string of the molecule is CCCC(=O)Cc1cccc2ccccc12. The molecule has 0 spiro atoms. The zero-order chi connectivity index (χ0) is 11.4. The molecule has 0 amide bonds. The quantitative estimate of drug-likeness (QED) is 0.754. The molecule has 0 radical (unpaired) electrons. The van der Waals surface area contributed by atoms with E-state index in [1.54, 1.807) is 0 Å². The summed E-state index contributed by atoms with van der Waals surface area (Å²) >= 11 is 0. The Hall–Kier alpha value is -1.63. The molecule has 2 aromatic carbocycles. The first-order chi connectivity index (χ1) is 7.81. The van der Waals surface area contributed by atoms with Crippen LogP contribution in [0.25, 0.3) is 10.8 Å². The summed E-state index contributed by atoms with van der Waals surface area (Å²) in [6.07, 6.45) is 2.18. The third-order valence-corrected chi connectivity index (χ3v) is 2.80. The van der Waals surface area contributed by atoms with Crippen molar-refractivity contribution in [1.29, 1.82) is 0 Å².